The predicted molar refractivity (Wildman–Crippen MR) is 97.0 cm³/mol. The van der Waals surface area contributed by atoms with Crippen molar-refractivity contribution in [3.63, 3.8) is 0 Å². The zero-order valence-electron chi connectivity index (χ0n) is 13.7. The first-order valence-corrected chi connectivity index (χ1v) is 7.92. The molecule has 2 aromatic carbocycles. The Morgan fingerprint density at radius 1 is 0.800 bits per heavy atom. The summed E-state index contributed by atoms with van der Waals surface area (Å²) >= 11 is 0. The number of nitrogens with zero attached hydrogens (tertiary/aromatic N) is 3. The fourth-order valence-electron chi connectivity index (χ4n) is 2.75. The van der Waals surface area contributed by atoms with Gasteiger partial charge in [0.05, 0.1) is 24.2 Å². The molecule has 0 radical (unpaired) electrons. The van der Waals surface area contributed by atoms with Crippen LogP contribution in [0.2, 0.25) is 0 Å². The quantitative estimate of drug-likeness (QED) is 0.609. The minimum atomic E-state index is 0.783. The van der Waals surface area contributed by atoms with E-state index in [0.29, 0.717) is 0 Å². The van der Waals surface area contributed by atoms with Crippen LogP contribution in [0, 0.1) is 0 Å². The van der Waals surface area contributed by atoms with Crippen LogP contribution >= 0.6 is 0 Å². The number of H-pyrrole nitrogens is 1. The van der Waals surface area contributed by atoms with E-state index in [4.69, 9.17) is 4.74 Å². The standard InChI is InChI=1S/C20H16N4O/c1-25-20-8-3-2-7-16(20)19-10-9-17(23-24-19)14-5-4-6-15(13-14)18-11-12-21-22-18/h2-13H,1H3,(H,21,22). The van der Waals surface area contributed by atoms with Gasteiger partial charge in [0.15, 0.2) is 0 Å². The Hall–Kier alpha value is -3.47. The van der Waals surface area contributed by atoms with Gasteiger partial charge >= 0.3 is 0 Å². The summed E-state index contributed by atoms with van der Waals surface area (Å²) in [5.74, 6) is 0.783. The molecular weight excluding hydrogens is 312 g/mol. The molecule has 0 aliphatic carbocycles. The minimum Gasteiger partial charge on any atom is -0.496 e. The molecule has 2 heterocycles. The van der Waals surface area contributed by atoms with E-state index in [0.717, 1.165) is 39.5 Å². The molecule has 4 rings (SSSR count). The smallest absolute Gasteiger partial charge is 0.128 e. The number of aromatic amines is 1. The third-order valence-corrected chi connectivity index (χ3v) is 4.02. The van der Waals surface area contributed by atoms with Crippen LogP contribution in [0.4, 0.5) is 0 Å². The van der Waals surface area contributed by atoms with Crippen molar-refractivity contribution in [1.29, 1.82) is 0 Å². The molecule has 5 heteroatoms. The third kappa shape index (κ3) is 2.99. The Balaban J connectivity index is 1.68. The van der Waals surface area contributed by atoms with E-state index < -0.39 is 0 Å². The number of para-hydroxylation sites is 1. The summed E-state index contributed by atoms with van der Waals surface area (Å²) in [6, 6.07) is 21.8. The van der Waals surface area contributed by atoms with Gasteiger partial charge in [0.1, 0.15) is 5.75 Å². The number of hydrogen-bond donors (Lipinski definition) is 1. The number of hydrogen-bond acceptors (Lipinski definition) is 4. The van der Waals surface area contributed by atoms with Crippen molar-refractivity contribution >= 4 is 0 Å². The van der Waals surface area contributed by atoms with E-state index in [1.54, 1.807) is 13.3 Å². The molecule has 122 valence electrons. The zero-order chi connectivity index (χ0) is 17.1. The molecule has 25 heavy (non-hydrogen) atoms. The van der Waals surface area contributed by atoms with Crippen LogP contribution in [0.3, 0.4) is 0 Å². The van der Waals surface area contributed by atoms with Crippen molar-refractivity contribution in [2.24, 2.45) is 0 Å². The van der Waals surface area contributed by atoms with Crippen LogP contribution in [-0.4, -0.2) is 27.5 Å². The van der Waals surface area contributed by atoms with Gasteiger partial charge < -0.3 is 4.74 Å². The molecule has 0 saturated carbocycles. The maximum absolute atomic E-state index is 5.39. The second-order valence-corrected chi connectivity index (χ2v) is 5.56. The summed E-state index contributed by atoms with van der Waals surface area (Å²) < 4.78 is 5.39. The summed E-state index contributed by atoms with van der Waals surface area (Å²) in [5, 5.41) is 15.7. The maximum atomic E-state index is 5.39. The molecule has 0 aliphatic rings. The summed E-state index contributed by atoms with van der Waals surface area (Å²) in [6.45, 7) is 0. The molecule has 0 bridgehead atoms. The Morgan fingerprint density at radius 3 is 2.36 bits per heavy atom. The Kier molecular flexibility index (Phi) is 3.96. The maximum Gasteiger partial charge on any atom is 0.128 e. The van der Waals surface area contributed by atoms with Crippen LogP contribution in [-0.2, 0) is 0 Å². The van der Waals surface area contributed by atoms with Gasteiger partial charge in [0, 0.05) is 22.9 Å². The summed E-state index contributed by atoms with van der Waals surface area (Å²) in [4.78, 5) is 0. The van der Waals surface area contributed by atoms with E-state index in [9.17, 15) is 0 Å². The summed E-state index contributed by atoms with van der Waals surface area (Å²) in [7, 11) is 1.65. The molecule has 0 aliphatic heterocycles. The lowest BCUT2D eigenvalue weighted by atomic mass is 10.1. The number of aromatic nitrogens is 4. The molecule has 5 nitrogen and oxygen atoms in total. The first kappa shape index (κ1) is 15.1. The van der Waals surface area contributed by atoms with Crippen molar-refractivity contribution in [2.45, 2.75) is 0 Å². The normalized spacial score (nSPS) is 10.6. The molecule has 0 saturated heterocycles. The predicted octanol–water partition coefficient (Wildman–Crippen LogP) is 4.21. The SMILES string of the molecule is COc1ccccc1-c1ccc(-c2cccc(-c3ccn[nH]3)c2)nn1. The summed E-state index contributed by atoms with van der Waals surface area (Å²) in [5.41, 5.74) is 5.57. The van der Waals surface area contributed by atoms with E-state index in [2.05, 4.69) is 26.5 Å². The first-order chi connectivity index (χ1) is 12.3. The Labute approximate surface area is 145 Å². The van der Waals surface area contributed by atoms with Crippen molar-refractivity contribution in [3.05, 3.63) is 72.9 Å². The molecule has 0 amide bonds. The van der Waals surface area contributed by atoms with Crippen LogP contribution in [0.25, 0.3) is 33.8 Å². The lowest BCUT2D eigenvalue weighted by Gasteiger charge is -2.08. The zero-order valence-corrected chi connectivity index (χ0v) is 13.7. The molecule has 0 spiro atoms. The van der Waals surface area contributed by atoms with Crippen LogP contribution in [0.15, 0.2) is 72.9 Å². The first-order valence-electron chi connectivity index (χ1n) is 7.92. The molecule has 0 fully saturated rings. The Bertz CT molecular complexity index is 979. The topological polar surface area (TPSA) is 63.7 Å². The van der Waals surface area contributed by atoms with Gasteiger partial charge in [-0.3, -0.25) is 5.10 Å². The highest BCUT2D eigenvalue weighted by molar-refractivity contribution is 5.71. The Morgan fingerprint density at radius 2 is 1.60 bits per heavy atom. The van der Waals surface area contributed by atoms with Crippen LogP contribution in [0.1, 0.15) is 0 Å². The molecule has 0 unspecified atom stereocenters. The van der Waals surface area contributed by atoms with Gasteiger partial charge in [-0.2, -0.15) is 5.10 Å². The lowest BCUT2D eigenvalue weighted by molar-refractivity contribution is 0.416. The molecule has 1 N–H and O–H groups in total. The van der Waals surface area contributed by atoms with Gasteiger partial charge in [0.2, 0.25) is 0 Å². The van der Waals surface area contributed by atoms with Gasteiger partial charge in [-0.15, -0.1) is 10.2 Å². The lowest BCUT2D eigenvalue weighted by Crippen LogP contribution is -1.93. The monoisotopic (exact) mass is 328 g/mol. The van der Waals surface area contributed by atoms with Gasteiger partial charge in [-0.1, -0.05) is 30.3 Å². The van der Waals surface area contributed by atoms with E-state index in [-0.39, 0.29) is 0 Å². The molecular formula is C20H16N4O. The number of methoxy groups -OCH3 is 1. The van der Waals surface area contributed by atoms with E-state index in [1.807, 2.05) is 60.7 Å². The van der Waals surface area contributed by atoms with Crippen LogP contribution in [0.5, 0.6) is 5.75 Å². The highest BCUT2D eigenvalue weighted by atomic mass is 16.5. The van der Waals surface area contributed by atoms with Gasteiger partial charge in [-0.05, 0) is 36.4 Å². The number of rotatable bonds is 4. The number of nitrogens with one attached hydrogen (secondary N) is 1. The largest absolute Gasteiger partial charge is 0.496 e. The van der Waals surface area contributed by atoms with E-state index in [1.165, 1.54) is 0 Å². The third-order valence-electron chi connectivity index (χ3n) is 4.02. The van der Waals surface area contributed by atoms with E-state index >= 15 is 0 Å². The van der Waals surface area contributed by atoms with Crippen molar-refractivity contribution in [1.82, 2.24) is 20.4 Å². The van der Waals surface area contributed by atoms with Crippen LogP contribution < -0.4 is 4.74 Å². The van der Waals surface area contributed by atoms with Gasteiger partial charge in [0.25, 0.3) is 0 Å². The summed E-state index contributed by atoms with van der Waals surface area (Å²) in [6.07, 6.45) is 1.74. The van der Waals surface area contributed by atoms with Gasteiger partial charge in [-0.25, -0.2) is 0 Å². The fraction of sp³-hybridized carbons (Fsp3) is 0.0500. The molecule has 0 atom stereocenters. The molecule has 2 aromatic heterocycles. The highest BCUT2D eigenvalue weighted by Crippen LogP contribution is 2.29. The second kappa shape index (κ2) is 6.57. The number of benzene rings is 2. The second-order valence-electron chi connectivity index (χ2n) is 5.56. The van der Waals surface area contributed by atoms with Crippen molar-refractivity contribution in [2.75, 3.05) is 7.11 Å². The highest BCUT2D eigenvalue weighted by Gasteiger charge is 2.08. The fourth-order valence-corrected chi connectivity index (χ4v) is 2.75. The van der Waals surface area contributed by atoms with Crippen molar-refractivity contribution < 1.29 is 4.74 Å². The number of ether oxygens (including phenoxy) is 1. The van der Waals surface area contributed by atoms with Crippen molar-refractivity contribution in [3.8, 4) is 39.5 Å². The average molecular weight is 328 g/mol. The molecule has 4 aromatic rings. The minimum absolute atomic E-state index is 0.783. The average Bonchev–Trinajstić information content (AvgIpc) is 3.23.